The average molecular weight is 258 g/mol. The van der Waals surface area contributed by atoms with Gasteiger partial charge in [0.1, 0.15) is 17.5 Å². The number of nitriles is 1. The van der Waals surface area contributed by atoms with Gasteiger partial charge in [0.05, 0.1) is 11.4 Å². The van der Waals surface area contributed by atoms with E-state index in [9.17, 15) is 5.26 Å². The van der Waals surface area contributed by atoms with Gasteiger partial charge < -0.3 is 27.0 Å². The zero-order chi connectivity index (χ0) is 12.8. The van der Waals surface area contributed by atoms with E-state index in [4.69, 9.17) is 18.0 Å². The summed E-state index contributed by atoms with van der Waals surface area (Å²) < 4.78 is 0. The summed E-state index contributed by atoms with van der Waals surface area (Å²) in [7, 11) is 0. The van der Waals surface area contributed by atoms with Crippen LogP contribution in [0.15, 0.2) is 35.7 Å². The first-order valence-electron chi connectivity index (χ1n) is 5.29. The molecular weight excluding hydrogens is 248 g/mol. The molecule has 2 aliphatic heterocycles. The third-order valence-corrected chi connectivity index (χ3v) is 3.08. The molecule has 0 fully saturated rings. The lowest BCUT2D eigenvalue weighted by Crippen LogP contribution is -2.65. The molecule has 0 bridgehead atoms. The van der Waals surface area contributed by atoms with Crippen molar-refractivity contribution in [1.29, 1.82) is 5.26 Å². The Morgan fingerprint density at radius 2 is 1.78 bits per heavy atom. The molecule has 1 aromatic carbocycles. The lowest BCUT2D eigenvalue weighted by molar-refractivity contribution is 0.573. The van der Waals surface area contributed by atoms with E-state index in [1.807, 2.05) is 24.3 Å². The van der Waals surface area contributed by atoms with E-state index >= 15 is 0 Å². The van der Waals surface area contributed by atoms with Crippen molar-refractivity contribution in [3.63, 3.8) is 0 Å². The van der Waals surface area contributed by atoms with Crippen molar-refractivity contribution >= 4 is 28.7 Å². The van der Waals surface area contributed by atoms with Crippen molar-refractivity contribution in [2.24, 2.45) is 5.73 Å². The van der Waals surface area contributed by atoms with Crippen molar-refractivity contribution in [3.05, 3.63) is 35.7 Å². The molecule has 6 nitrogen and oxygen atoms in total. The lowest BCUT2D eigenvalue weighted by atomic mass is 10.1. The highest BCUT2D eigenvalue weighted by atomic mass is 32.1. The Hall–Kier alpha value is -2.46. The number of benzene rings is 1. The molecule has 18 heavy (non-hydrogen) atoms. The van der Waals surface area contributed by atoms with Crippen LogP contribution < -0.4 is 27.0 Å². The average Bonchev–Trinajstić information content (AvgIpc) is 2.66. The van der Waals surface area contributed by atoms with Crippen LogP contribution in [-0.2, 0) is 0 Å². The largest absolute Gasteiger partial charge is 0.384 e. The topological polar surface area (TPSA) is 97.9 Å². The minimum atomic E-state index is -0.967. The third-order valence-electron chi connectivity index (χ3n) is 2.88. The summed E-state index contributed by atoms with van der Waals surface area (Å²) >= 11 is 5.08. The van der Waals surface area contributed by atoms with Gasteiger partial charge in [-0.3, -0.25) is 0 Å². The van der Waals surface area contributed by atoms with Crippen molar-refractivity contribution in [2.75, 3.05) is 10.6 Å². The molecule has 0 radical (unpaired) electrons. The maximum atomic E-state index is 9.26. The minimum Gasteiger partial charge on any atom is -0.384 e. The number of anilines is 2. The number of para-hydroxylation sites is 2. The summed E-state index contributed by atoms with van der Waals surface area (Å²) in [5.74, 6) is -0.723. The Morgan fingerprint density at radius 1 is 1.17 bits per heavy atom. The van der Waals surface area contributed by atoms with E-state index < -0.39 is 5.79 Å². The van der Waals surface area contributed by atoms with Crippen LogP contribution in [0, 0.1) is 11.3 Å². The molecule has 0 saturated heterocycles. The van der Waals surface area contributed by atoms with Crippen LogP contribution in [0.4, 0.5) is 11.4 Å². The number of hydrogen-bond donors (Lipinski definition) is 5. The molecule has 0 aliphatic carbocycles. The molecule has 3 rings (SSSR count). The summed E-state index contributed by atoms with van der Waals surface area (Å²) in [4.78, 5) is 0. The first-order valence-corrected chi connectivity index (χ1v) is 5.70. The van der Waals surface area contributed by atoms with Crippen LogP contribution in [0.25, 0.3) is 0 Å². The molecule has 90 valence electrons. The van der Waals surface area contributed by atoms with Gasteiger partial charge in [-0.05, 0) is 24.4 Å². The van der Waals surface area contributed by atoms with Gasteiger partial charge in [0.25, 0.3) is 0 Å². The van der Waals surface area contributed by atoms with Crippen molar-refractivity contribution in [1.82, 2.24) is 10.6 Å². The van der Waals surface area contributed by atoms with Crippen LogP contribution >= 0.6 is 12.2 Å². The molecule has 2 heterocycles. The van der Waals surface area contributed by atoms with E-state index in [2.05, 4.69) is 27.3 Å². The molecule has 0 atom stereocenters. The monoisotopic (exact) mass is 258 g/mol. The first kappa shape index (κ1) is 10.7. The Kier molecular flexibility index (Phi) is 2.09. The zero-order valence-electron chi connectivity index (χ0n) is 9.24. The number of nitrogens with one attached hydrogen (secondary N) is 4. The van der Waals surface area contributed by atoms with E-state index in [1.54, 1.807) is 0 Å². The predicted molar refractivity (Wildman–Crippen MR) is 72.1 cm³/mol. The van der Waals surface area contributed by atoms with E-state index in [0.29, 0.717) is 10.7 Å². The molecule has 7 heteroatoms. The van der Waals surface area contributed by atoms with Crippen LogP contribution in [0.1, 0.15) is 0 Å². The van der Waals surface area contributed by atoms with E-state index in [0.717, 1.165) is 11.4 Å². The van der Waals surface area contributed by atoms with Crippen LogP contribution in [0.2, 0.25) is 0 Å². The fourth-order valence-electron chi connectivity index (χ4n) is 2.12. The molecule has 0 saturated carbocycles. The lowest BCUT2D eigenvalue weighted by Gasteiger charge is -2.36. The number of thiocarbonyl (C=S) groups is 1. The van der Waals surface area contributed by atoms with Crippen molar-refractivity contribution in [2.45, 2.75) is 5.79 Å². The Morgan fingerprint density at radius 3 is 2.33 bits per heavy atom. The molecule has 0 aromatic heterocycles. The van der Waals surface area contributed by atoms with Gasteiger partial charge in [-0.25, -0.2) is 0 Å². The maximum absolute atomic E-state index is 9.26. The summed E-state index contributed by atoms with van der Waals surface area (Å²) in [5, 5.41) is 21.8. The Bertz CT molecular complexity index is 589. The van der Waals surface area contributed by atoms with Gasteiger partial charge >= 0.3 is 0 Å². The molecule has 1 aromatic rings. The summed E-state index contributed by atoms with van der Waals surface area (Å²) in [6.45, 7) is 0. The number of fused-ring (bicyclic) bond motifs is 1. The van der Waals surface area contributed by atoms with E-state index in [1.165, 1.54) is 0 Å². The maximum Gasteiger partial charge on any atom is 0.228 e. The second-order valence-corrected chi connectivity index (χ2v) is 4.43. The second-order valence-electron chi connectivity index (χ2n) is 4.03. The van der Waals surface area contributed by atoms with Gasteiger partial charge in [0.15, 0.2) is 5.11 Å². The van der Waals surface area contributed by atoms with Gasteiger partial charge in [0, 0.05) is 0 Å². The SMILES string of the molecule is N#CC1=C(N)NC(=S)NC12Nc1ccccc1N2. The highest BCUT2D eigenvalue weighted by Gasteiger charge is 2.45. The number of rotatable bonds is 0. The number of nitrogens with zero attached hydrogens (tertiary/aromatic N) is 1. The number of nitrogens with two attached hydrogens (primary N) is 1. The molecule has 0 amide bonds. The van der Waals surface area contributed by atoms with Crippen LogP contribution in [0.3, 0.4) is 0 Å². The van der Waals surface area contributed by atoms with Crippen LogP contribution in [0.5, 0.6) is 0 Å². The zero-order valence-corrected chi connectivity index (χ0v) is 10.1. The molecule has 6 N–H and O–H groups in total. The van der Waals surface area contributed by atoms with Crippen molar-refractivity contribution < 1.29 is 0 Å². The highest BCUT2D eigenvalue weighted by Crippen LogP contribution is 2.36. The first-order chi connectivity index (χ1) is 8.64. The van der Waals surface area contributed by atoms with Crippen LogP contribution in [-0.4, -0.2) is 10.9 Å². The second kappa shape index (κ2) is 3.51. The fourth-order valence-corrected chi connectivity index (χ4v) is 2.38. The Balaban J connectivity index is 2.10. The number of hydrogen-bond acceptors (Lipinski definition) is 5. The van der Waals surface area contributed by atoms with Gasteiger partial charge in [-0.1, -0.05) is 12.1 Å². The quantitative estimate of drug-likeness (QED) is 0.428. The third kappa shape index (κ3) is 1.36. The van der Waals surface area contributed by atoms with Gasteiger partial charge in [-0.15, -0.1) is 0 Å². The molecule has 1 spiro atoms. The minimum absolute atomic E-state index is 0.244. The van der Waals surface area contributed by atoms with E-state index in [-0.39, 0.29) is 5.82 Å². The summed E-state index contributed by atoms with van der Waals surface area (Å²) in [6.07, 6.45) is 0. The smallest absolute Gasteiger partial charge is 0.228 e. The molecular formula is C11H10N6S. The summed E-state index contributed by atoms with van der Waals surface area (Å²) in [6, 6.07) is 9.73. The predicted octanol–water partition coefficient (Wildman–Crippen LogP) is 0.349. The van der Waals surface area contributed by atoms with Gasteiger partial charge in [-0.2, -0.15) is 5.26 Å². The van der Waals surface area contributed by atoms with Crippen molar-refractivity contribution in [3.8, 4) is 6.07 Å². The standard InChI is InChI=1S/C11H10N6S/c12-5-6-9(13)14-10(18)17-11(6)15-7-3-1-2-4-8(7)16-11/h1-4,15-16H,13H2,(H2,14,17,18). The highest BCUT2D eigenvalue weighted by molar-refractivity contribution is 7.80. The summed E-state index contributed by atoms with van der Waals surface area (Å²) in [5.41, 5.74) is 7.90. The van der Waals surface area contributed by atoms with Gasteiger partial charge in [0.2, 0.25) is 5.79 Å². The fraction of sp³-hybridized carbons (Fsp3) is 0.0909. The molecule has 2 aliphatic rings. The Labute approximate surface area is 109 Å². The molecule has 0 unspecified atom stereocenters. The normalized spacial score (nSPS) is 19.2.